The van der Waals surface area contributed by atoms with Gasteiger partial charge in [0.05, 0.1) is 35.3 Å². The summed E-state index contributed by atoms with van der Waals surface area (Å²) in [4.78, 5) is 16.8. The number of fused-ring (bicyclic) bond motifs is 4. The van der Waals surface area contributed by atoms with Crippen LogP contribution in [0.5, 0.6) is 11.8 Å². The number of rotatable bonds is 12. The minimum Gasteiger partial charge on any atom is -0.467 e. The zero-order valence-electron chi connectivity index (χ0n) is 32.9. The van der Waals surface area contributed by atoms with Gasteiger partial charge in [0.15, 0.2) is 12.6 Å². The van der Waals surface area contributed by atoms with Crippen LogP contribution in [-0.4, -0.2) is 104 Å². The molecule has 4 aliphatic rings. The van der Waals surface area contributed by atoms with Gasteiger partial charge in [-0.15, -0.1) is 0 Å². The Hall–Kier alpha value is -4.28. The number of anilines is 3. The monoisotopic (exact) mass is 794 g/mol. The van der Waals surface area contributed by atoms with E-state index in [1.165, 1.54) is 10.4 Å². The van der Waals surface area contributed by atoms with Crippen LogP contribution in [0.15, 0.2) is 30.3 Å². The Kier molecular flexibility index (Phi) is 10.5. The molecule has 2 fully saturated rings. The number of halogens is 2. The quantitative estimate of drug-likeness (QED) is 0.167. The fourth-order valence-electron chi connectivity index (χ4n) is 9.07. The second-order valence-corrected chi connectivity index (χ2v) is 18.3. The average Bonchev–Trinajstić information content (AvgIpc) is 3.81. The van der Waals surface area contributed by atoms with E-state index in [2.05, 4.69) is 14.7 Å². The van der Waals surface area contributed by atoms with E-state index >= 15 is 4.39 Å². The number of nitrogens with zero attached hydrogens (tertiary/aromatic N) is 8. The normalized spacial score (nSPS) is 21.3. The van der Waals surface area contributed by atoms with Gasteiger partial charge in [0.1, 0.15) is 30.2 Å². The molecule has 2 aromatic carbocycles. The van der Waals surface area contributed by atoms with Crippen molar-refractivity contribution in [3.63, 3.8) is 0 Å². The largest absolute Gasteiger partial charge is 0.467 e. The lowest BCUT2D eigenvalue weighted by Crippen LogP contribution is -2.43. The first kappa shape index (κ1) is 38.6. The fraction of sp³-hybridized carbons (Fsp3) is 0.575. The van der Waals surface area contributed by atoms with E-state index in [0.717, 1.165) is 65.0 Å². The smallest absolute Gasteiger partial charge is 0.318 e. The van der Waals surface area contributed by atoms with Crippen LogP contribution in [0.4, 0.5) is 26.1 Å². The number of alkyl halides is 1. The summed E-state index contributed by atoms with van der Waals surface area (Å²) in [6.07, 6.45) is 3.31. The van der Waals surface area contributed by atoms with Crippen LogP contribution in [0, 0.1) is 5.82 Å². The summed E-state index contributed by atoms with van der Waals surface area (Å²) in [5, 5.41) is 5.84. The molecule has 2 atom stereocenters. The maximum absolute atomic E-state index is 15.4. The highest BCUT2D eigenvalue weighted by atomic mass is 32.2. The van der Waals surface area contributed by atoms with Crippen LogP contribution >= 0.6 is 0 Å². The van der Waals surface area contributed by atoms with Crippen LogP contribution in [-0.2, 0) is 47.2 Å². The topological polar surface area (TPSA) is 118 Å². The maximum atomic E-state index is 15.4. The Morgan fingerprint density at radius 2 is 1.88 bits per heavy atom. The van der Waals surface area contributed by atoms with Gasteiger partial charge in [0, 0.05) is 75.5 Å². The number of benzene rings is 2. The Balaban J connectivity index is 1.17. The summed E-state index contributed by atoms with van der Waals surface area (Å²) < 4.78 is 77.0. The second-order valence-electron chi connectivity index (χ2n) is 15.8. The first-order valence-corrected chi connectivity index (χ1v) is 21.2. The number of ether oxygens (including phenoxy) is 3. The van der Waals surface area contributed by atoms with Gasteiger partial charge in [0.25, 0.3) is 0 Å². The molecule has 0 bridgehead atoms. The molecule has 6 heterocycles. The number of hydrogen-bond donors (Lipinski definition) is 0. The maximum Gasteiger partial charge on any atom is 0.318 e. The molecule has 2 saturated heterocycles. The molecule has 8 rings (SSSR count). The molecule has 0 saturated carbocycles. The molecule has 13 nitrogen and oxygen atoms in total. The molecular formula is C40H52F2N8O5S. The summed E-state index contributed by atoms with van der Waals surface area (Å²) in [6.45, 7) is 9.75. The Labute approximate surface area is 327 Å². The van der Waals surface area contributed by atoms with Crippen LogP contribution < -0.4 is 23.6 Å². The number of hydrogen-bond acceptors (Lipinski definition) is 11. The lowest BCUT2D eigenvalue weighted by Gasteiger charge is -2.35. The van der Waals surface area contributed by atoms with Crippen LogP contribution in [0.3, 0.4) is 0 Å². The summed E-state index contributed by atoms with van der Waals surface area (Å²) in [5.74, 6) is 1.53. The Morgan fingerprint density at radius 3 is 2.66 bits per heavy atom. The third kappa shape index (κ3) is 7.01. The predicted octanol–water partition coefficient (Wildman–Crippen LogP) is 5.61. The van der Waals surface area contributed by atoms with Crippen molar-refractivity contribution in [2.45, 2.75) is 95.9 Å². The Morgan fingerprint density at radius 1 is 1.04 bits per heavy atom. The van der Waals surface area contributed by atoms with Gasteiger partial charge in [-0.3, -0.25) is 13.9 Å². The van der Waals surface area contributed by atoms with Crippen molar-refractivity contribution in [1.82, 2.24) is 24.6 Å². The van der Waals surface area contributed by atoms with Crippen LogP contribution in [0.25, 0.3) is 10.8 Å². The standard InChI is InChI=1S/C40H52F2N8O5S/c1-6-31-33(42)10-9-27-17-30(55-25-53-5)19-35(37(27)31)47-16-11-32-34(23-47)43-39(54-24-40-12-7-14-49(40)21-28(41)20-40)44-38(32)48-13-8-15-50-29(22-48)18-36(45-50)46(4)56(51,52)26(2)3/h9-10,17-19,26,28H,6-8,11-16,20-25H2,1-5H3/t28-,40+/m1/s1. The predicted molar refractivity (Wildman–Crippen MR) is 211 cm³/mol. The van der Waals surface area contributed by atoms with Crippen molar-refractivity contribution in [1.29, 1.82) is 0 Å². The molecule has 0 N–H and O–H groups in total. The van der Waals surface area contributed by atoms with Gasteiger partial charge in [0.2, 0.25) is 10.0 Å². The molecule has 302 valence electrons. The lowest BCUT2D eigenvalue weighted by atomic mass is 9.95. The van der Waals surface area contributed by atoms with Crippen molar-refractivity contribution < 1.29 is 31.4 Å². The van der Waals surface area contributed by atoms with E-state index in [-0.39, 0.29) is 24.2 Å². The highest BCUT2D eigenvalue weighted by molar-refractivity contribution is 7.93. The summed E-state index contributed by atoms with van der Waals surface area (Å²) in [7, 11) is -0.440. The zero-order chi connectivity index (χ0) is 39.4. The van der Waals surface area contributed by atoms with E-state index in [9.17, 15) is 12.8 Å². The highest BCUT2D eigenvalue weighted by Gasteiger charge is 2.49. The van der Waals surface area contributed by atoms with Gasteiger partial charge in [-0.05, 0) is 75.6 Å². The highest BCUT2D eigenvalue weighted by Crippen LogP contribution is 2.42. The lowest BCUT2D eigenvalue weighted by molar-refractivity contribution is 0.0512. The van der Waals surface area contributed by atoms with E-state index in [4.69, 9.17) is 29.3 Å². The van der Waals surface area contributed by atoms with Crippen LogP contribution in [0.2, 0.25) is 0 Å². The van der Waals surface area contributed by atoms with Gasteiger partial charge in [-0.2, -0.15) is 15.1 Å². The first-order valence-electron chi connectivity index (χ1n) is 19.7. The van der Waals surface area contributed by atoms with Crippen molar-refractivity contribution in [3.8, 4) is 11.8 Å². The number of sulfonamides is 1. The molecule has 0 amide bonds. The Bertz CT molecular complexity index is 2220. The number of aryl methyl sites for hydroxylation is 2. The fourth-order valence-corrected chi connectivity index (χ4v) is 10.0. The van der Waals surface area contributed by atoms with Gasteiger partial charge in [-0.1, -0.05) is 13.0 Å². The molecule has 4 aliphatic heterocycles. The summed E-state index contributed by atoms with van der Waals surface area (Å²) >= 11 is 0. The van der Waals surface area contributed by atoms with Gasteiger partial charge >= 0.3 is 6.01 Å². The molecule has 0 spiro atoms. The zero-order valence-corrected chi connectivity index (χ0v) is 33.7. The van der Waals surface area contributed by atoms with Crippen LogP contribution in [0.1, 0.15) is 69.0 Å². The van der Waals surface area contributed by atoms with E-state index in [1.807, 2.05) is 29.8 Å². The van der Waals surface area contributed by atoms with Crippen molar-refractivity contribution in [3.05, 3.63) is 58.7 Å². The summed E-state index contributed by atoms with van der Waals surface area (Å²) in [5.41, 5.74) is 3.81. The average molecular weight is 795 g/mol. The molecule has 4 aromatic rings. The van der Waals surface area contributed by atoms with Crippen molar-refractivity contribution >= 4 is 38.1 Å². The molecule has 0 unspecified atom stereocenters. The molecular weight excluding hydrogens is 743 g/mol. The SMILES string of the molecule is CCc1c(F)ccc2cc(OCOC)cc(N3CCc4c(nc(OC[C@@]56CCCN5C[C@H](F)C6)nc4N4CCCn5nc(N(C)S(=O)(=O)C(C)C)cc5C4)C3)c12. The van der Waals surface area contributed by atoms with Gasteiger partial charge < -0.3 is 24.0 Å². The molecule has 0 radical (unpaired) electrons. The van der Waals surface area contributed by atoms with E-state index in [0.29, 0.717) is 82.3 Å². The molecule has 16 heteroatoms. The van der Waals surface area contributed by atoms with Crippen molar-refractivity contribution in [2.24, 2.45) is 0 Å². The molecule has 0 aliphatic carbocycles. The third-order valence-corrected chi connectivity index (χ3v) is 14.2. The first-order chi connectivity index (χ1) is 26.9. The van der Waals surface area contributed by atoms with E-state index in [1.54, 1.807) is 34.1 Å². The number of aromatic nitrogens is 4. The summed E-state index contributed by atoms with van der Waals surface area (Å²) in [6, 6.07) is 9.27. The third-order valence-electron chi connectivity index (χ3n) is 12.0. The number of methoxy groups -OCH3 is 1. The molecule has 2 aromatic heterocycles. The molecule has 56 heavy (non-hydrogen) atoms. The van der Waals surface area contributed by atoms with Crippen molar-refractivity contribution in [2.75, 3.05) is 67.8 Å². The minimum atomic E-state index is -3.56. The second kappa shape index (κ2) is 15.2. The minimum absolute atomic E-state index is 0.0784. The van der Waals surface area contributed by atoms with Gasteiger partial charge in [-0.25, -0.2) is 17.2 Å². The van der Waals surface area contributed by atoms with E-state index < -0.39 is 21.4 Å².